The van der Waals surface area contributed by atoms with Gasteiger partial charge in [-0.2, -0.15) is 4.98 Å². The highest BCUT2D eigenvalue weighted by molar-refractivity contribution is 5.31. The van der Waals surface area contributed by atoms with Gasteiger partial charge in [0.05, 0.1) is 19.8 Å². The molecule has 7 nitrogen and oxygen atoms in total. The Balaban J connectivity index is 1.78. The third-order valence-electron chi connectivity index (χ3n) is 4.06. The van der Waals surface area contributed by atoms with Crippen molar-refractivity contribution in [3.05, 3.63) is 35.7 Å². The number of hydrogen-bond acceptors (Lipinski definition) is 7. The monoisotopic (exact) mass is 318 g/mol. The largest absolute Gasteiger partial charge is 0.497 e. The van der Waals surface area contributed by atoms with E-state index in [1.165, 1.54) is 0 Å². The van der Waals surface area contributed by atoms with Gasteiger partial charge in [0.25, 0.3) is 5.95 Å². The highest BCUT2D eigenvalue weighted by Crippen LogP contribution is 2.34. The van der Waals surface area contributed by atoms with Gasteiger partial charge in [-0.25, -0.2) is 0 Å². The summed E-state index contributed by atoms with van der Waals surface area (Å²) in [7, 11) is 5.39. The van der Waals surface area contributed by atoms with Crippen molar-refractivity contribution < 1.29 is 14.4 Å². The average molecular weight is 318 g/mol. The van der Waals surface area contributed by atoms with Crippen LogP contribution >= 0.6 is 0 Å². The summed E-state index contributed by atoms with van der Waals surface area (Å²) in [5.74, 6) is 1.92. The number of likely N-dealkylation sites (tertiary alicyclic amines) is 1. The lowest BCUT2D eigenvalue weighted by Crippen LogP contribution is -2.24. The molecule has 1 fully saturated rings. The van der Waals surface area contributed by atoms with Crippen LogP contribution in [0.5, 0.6) is 5.75 Å². The van der Waals surface area contributed by atoms with Crippen LogP contribution in [0, 0.1) is 0 Å². The van der Waals surface area contributed by atoms with Gasteiger partial charge in [-0.15, -0.1) is 0 Å². The van der Waals surface area contributed by atoms with Crippen LogP contribution in [-0.4, -0.2) is 54.0 Å². The highest BCUT2D eigenvalue weighted by Gasteiger charge is 2.33. The molecule has 0 radical (unpaired) electrons. The van der Waals surface area contributed by atoms with Crippen LogP contribution in [0.1, 0.15) is 23.9 Å². The number of ether oxygens (including phenoxy) is 1. The fraction of sp³-hybridized carbons (Fsp3) is 0.500. The molecule has 0 amide bonds. The summed E-state index contributed by atoms with van der Waals surface area (Å²) in [6.45, 7) is 1.10. The highest BCUT2D eigenvalue weighted by atomic mass is 16.5. The van der Waals surface area contributed by atoms with Gasteiger partial charge in [0.1, 0.15) is 5.75 Å². The van der Waals surface area contributed by atoms with E-state index in [2.05, 4.69) is 21.1 Å². The smallest absolute Gasteiger partial charge is 0.265 e. The van der Waals surface area contributed by atoms with Crippen molar-refractivity contribution in [1.82, 2.24) is 15.0 Å². The summed E-state index contributed by atoms with van der Waals surface area (Å²) in [5, 5.41) is 14.0. The first-order valence-electron chi connectivity index (χ1n) is 7.63. The van der Waals surface area contributed by atoms with E-state index in [4.69, 9.17) is 9.26 Å². The zero-order valence-corrected chi connectivity index (χ0v) is 13.6. The van der Waals surface area contributed by atoms with Crippen molar-refractivity contribution in [2.45, 2.75) is 25.1 Å². The zero-order chi connectivity index (χ0) is 16.4. The van der Waals surface area contributed by atoms with Crippen molar-refractivity contribution in [1.29, 1.82) is 0 Å². The topological polar surface area (TPSA) is 74.9 Å². The number of nitrogens with zero attached hydrogens (tertiary/aromatic N) is 4. The number of β-amino-alcohol motifs (C(OH)–C–C–N with tert-alkyl or cyclic N) is 1. The molecule has 2 aromatic rings. The maximum absolute atomic E-state index is 10.1. The molecule has 0 aliphatic carbocycles. The Morgan fingerprint density at radius 2 is 2.26 bits per heavy atom. The maximum atomic E-state index is 10.1. The van der Waals surface area contributed by atoms with Crippen molar-refractivity contribution in [2.24, 2.45) is 0 Å². The number of hydrogen-bond donors (Lipinski definition) is 1. The molecule has 7 heteroatoms. The molecule has 3 rings (SSSR count). The summed E-state index contributed by atoms with van der Waals surface area (Å²) in [6, 6.07) is 8.05. The third kappa shape index (κ3) is 3.46. The number of rotatable bonds is 5. The molecule has 1 aromatic heterocycles. The van der Waals surface area contributed by atoms with Crippen molar-refractivity contribution in [2.75, 3.05) is 32.6 Å². The zero-order valence-electron chi connectivity index (χ0n) is 13.6. The molecule has 0 bridgehead atoms. The molecular formula is C16H22N4O3. The van der Waals surface area contributed by atoms with Crippen LogP contribution in [0.4, 0.5) is 5.95 Å². The van der Waals surface area contributed by atoms with Gasteiger partial charge in [0.15, 0.2) is 0 Å². The van der Waals surface area contributed by atoms with Gasteiger partial charge >= 0.3 is 0 Å². The minimum atomic E-state index is -0.359. The van der Waals surface area contributed by atoms with Gasteiger partial charge in [0, 0.05) is 26.7 Å². The average Bonchev–Trinajstić information content (AvgIpc) is 3.14. The number of aromatic nitrogens is 2. The van der Waals surface area contributed by atoms with Crippen LogP contribution in [-0.2, 0) is 6.54 Å². The first kappa shape index (κ1) is 15.8. The van der Waals surface area contributed by atoms with E-state index in [1.807, 2.05) is 32.3 Å². The minimum Gasteiger partial charge on any atom is -0.497 e. The SMILES string of the molecule is COc1cccc([C@@H]2C[C@@H](O)CN2Cc2nc(N(C)C)no2)c1. The van der Waals surface area contributed by atoms with E-state index in [1.54, 1.807) is 12.0 Å². The first-order valence-corrected chi connectivity index (χ1v) is 7.63. The third-order valence-corrected chi connectivity index (χ3v) is 4.06. The van der Waals surface area contributed by atoms with Crippen LogP contribution in [0.2, 0.25) is 0 Å². The minimum absolute atomic E-state index is 0.106. The van der Waals surface area contributed by atoms with E-state index in [0.29, 0.717) is 31.3 Å². The second kappa shape index (κ2) is 6.55. The van der Waals surface area contributed by atoms with Gasteiger partial charge in [0.2, 0.25) is 5.89 Å². The molecule has 0 unspecified atom stereocenters. The molecule has 2 atom stereocenters. The number of aliphatic hydroxyl groups is 1. The molecule has 2 heterocycles. The van der Waals surface area contributed by atoms with Crippen LogP contribution < -0.4 is 9.64 Å². The summed E-state index contributed by atoms with van der Waals surface area (Å²) in [5.41, 5.74) is 1.12. The van der Waals surface area contributed by atoms with Crippen molar-refractivity contribution in [3.8, 4) is 5.75 Å². The predicted molar refractivity (Wildman–Crippen MR) is 85.4 cm³/mol. The molecule has 124 valence electrons. The van der Waals surface area contributed by atoms with Gasteiger partial charge in [-0.3, -0.25) is 4.90 Å². The number of methoxy groups -OCH3 is 1. The molecule has 1 N–H and O–H groups in total. The van der Waals surface area contributed by atoms with Gasteiger partial charge < -0.3 is 19.3 Å². The Labute approximate surface area is 135 Å². The fourth-order valence-electron chi connectivity index (χ4n) is 2.92. The standard InChI is InChI=1S/C16H22N4O3/c1-19(2)16-17-15(23-18-16)10-20-9-12(21)8-14(20)11-5-4-6-13(7-11)22-3/h4-7,12,14,21H,8-10H2,1-3H3/t12-,14+/m1/s1. The lowest BCUT2D eigenvalue weighted by molar-refractivity contribution is 0.164. The Bertz CT molecular complexity index is 658. The Kier molecular flexibility index (Phi) is 4.49. The molecule has 1 aliphatic heterocycles. The quantitative estimate of drug-likeness (QED) is 0.894. The van der Waals surface area contributed by atoms with Crippen LogP contribution in [0.25, 0.3) is 0 Å². The predicted octanol–water partition coefficient (Wildman–Crippen LogP) is 1.45. The number of anilines is 1. The molecule has 0 spiro atoms. The fourth-order valence-corrected chi connectivity index (χ4v) is 2.92. The Hall–Kier alpha value is -2.12. The van der Waals surface area contributed by atoms with Crippen molar-refractivity contribution >= 4 is 5.95 Å². The first-order chi connectivity index (χ1) is 11.1. The lowest BCUT2D eigenvalue weighted by atomic mass is 10.0. The second-order valence-corrected chi connectivity index (χ2v) is 5.99. The van der Waals surface area contributed by atoms with Gasteiger partial charge in [-0.05, 0) is 29.3 Å². The molecule has 1 aliphatic rings. The summed E-state index contributed by atoms with van der Waals surface area (Å²) in [4.78, 5) is 8.32. The molecule has 1 saturated heterocycles. The normalized spacial score (nSPS) is 21.6. The number of benzene rings is 1. The molecular weight excluding hydrogens is 296 g/mol. The Morgan fingerprint density at radius 1 is 1.43 bits per heavy atom. The summed E-state index contributed by atoms with van der Waals surface area (Å²) < 4.78 is 10.6. The van der Waals surface area contributed by atoms with E-state index in [0.717, 1.165) is 11.3 Å². The maximum Gasteiger partial charge on any atom is 0.265 e. The van der Waals surface area contributed by atoms with Crippen LogP contribution in [0.3, 0.4) is 0 Å². The number of aliphatic hydroxyl groups excluding tert-OH is 1. The van der Waals surface area contributed by atoms with Crippen molar-refractivity contribution in [3.63, 3.8) is 0 Å². The molecule has 23 heavy (non-hydrogen) atoms. The lowest BCUT2D eigenvalue weighted by Gasteiger charge is -2.23. The summed E-state index contributed by atoms with van der Waals surface area (Å²) in [6.07, 6.45) is 0.324. The molecule has 1 aromatic carbocycles. The molecule has 0 saturated carbocycles. The van der Waals surface area contributed by atoms with E-state index in [-0.39, 0.29) is 12.1 Å². The second-order valence-electron chi connectivity index (χ2n) is 5.99. The van der Waals surface area contributed by atoms with Crippen LogP contribution in [0.15, 0.2) is 28.8 Å². The van der Waals surface area contributed by atoms with E-state index >= 15 is 0 Å². The Morgan fingerprint density at radius 3 is 2.96 bits per heavy atom. The summed E-state index contributed by atoms with van der Waals surface area (Å²) >= 11 is 0. The van der Waals surface area contributed by atoms with Gasteiger partial charge in [-0.1, -0.05) is 12.1 Å². The van der Waals surface area contributed by atoms with E-state index in [9.17, 15) is 5.11 Å². The van der Waals surface area contributed by atoms with E-state index < -0.39 is 0 Å².